The van der Waals surface area contributed by atoms with E-state index in [1.165, 1.54) is 0 Å². The number of hydrogen-bond donors (Lipinski definition) is 1. The molecule has 1 aliphatic rings. The second kappa shape index (κ2) is 5.30. The summed E-state index contributed by atoms with van der Waals surface area (Å²) in [4.78, 5) is 0. The number of hydrogen-bond acceptors (Lipinski definition) is 5. The molecule has 0 radical (unpaired) electrons. The first-order valence-corrected chi connectivity index (χ1v) is 7.54. The van der Waals surface area contributed by atoms with Crippen LogP contribution in [0.3, 0.4) is 0 Å². The zero-order chi connectivity index (χ0) is 15.0. The van der Waals surface area contributed by atoms with Crippen LogP contribution >= 0.6 is 0 Å². The molecular weight excluding hydrogens is 299 g/mol. The SMILES string of the molecule is NCCCS(=O)(=O)N1CCn2c(nnc2C(F)(F)F)C1. The predicted octanol–water partition coefficient (Wildman–Crippen LogP) is -0.209. The zero-order valence-corrected chi connectivity index (χ0v) is 11.3. The van der Waals surface area contributed by atoms with Crippen LogP contribution in [0.4, 0.5) is 13.2 Å². The Morgan fingerprint density at radius 3 is 2.55 bits per heavy atom. The molecule has 1 aliphatic heterocycles. The summed E-state index contributed by atoms with van der Waals surface area (Å²) in [5.74, 6) is -1.21. The van der Waals surface area contributed by atoms with E-state index in [0.29, 0.717) is 6.42 Å². The predicted molar refractivity (Wildman–Crippen MR) is 62.9 cm³/mol. The monoisotopic (exact) mass is 313 g/mol. The smallest absolute Gasteiger partial charge is 0.330 e. The lowest BCUT2D eigenvalue weighted by molar-refractivity contribution is -0.147. The maximum Gasteiger partial charge on any atom is 0.451 e. The number of aromatic nitrogens is 3. The first-order chi connectivity index (χ1) is 9.25. The molecule has 20 heavy (non-hydrogen) atoms. The summed E-state index contributed by atoms with van der Waals surface area (Å²) in [6.45, 7) is -0.0997. The van der Waals surface area contributed by atoms with E-state index >= 15 is 0 Å². The molecule has 0 amide bonds. The van der Waals surface area contributed by atoms with Crippen LogP contribution in [-0.2, 0) is 29.3 Å². The summed E-state index contributed by atoms with van der Waals surface area (Å²) >= 11 is 0. The van der Waals surface area contributed by atoms with Crippen LogP contribution < -0.4 is 5.73 Å². The third-order valence-corrected chi connectivity index (χ3v) is 4.87. The largest absolute Gasteiger partial charge is 0.451 e. The summed E-state index contributed by atoms with van der Waals surface area (Å²) in [6.07, 6.45) is -4.29. The van der Waals surface area contributed by atoms with Crippen molar-refractivity contribution in [2.75, 3.05) is 18.8 Å². The molecule has 0 spiro atoms. The molecule has 0 aromatic carbocycles. The van der Waals surface area contributed by atoms with Gasteiger partial charge in [0.25, 0.3) is 0 Å². The molecule has 0 aliphatic carbocycles. The molecule has 0 atom stereocenters. The number of halogens is 3. The Morgan fingerprint density at radius 2 is 1.95 bits per heavy atom. The van der Waals surface area contributed by atoms with Crippen molar-refractivity contribution < 1.29 is 21.6 Å². The lowest BCUT2D eigenvalue weighted by Gasteiger charge is -2.27. The fourth-order valence-corrected chi connectivity index (χ4v) is 3.44. The van der Waals surface area contributed by atoms with Gasteiger partial charge in [-0.25, -0.2) is 8.42 Å². The van der Waals surface area contributed by atoms with Crippen molar-refractivity contribution in [1.82, 2.24) is 19.1 Å². The summed E-state index contributed by atoms with van der Waals surface area (Å²) in [7, 11) is -3.52. The van der Waals surface area contributed by atoms with Gasteiger partial charge in [-0.2, -0.15) is 17.5 Å². The first kappa shape index (κ1) is 15.2. The minimum Gasteiger partial charge on any atom is -0.330 e. The topological polar surface area (TPSA) is 94.1 Å². The van der Waals surface area contributed by atoms with Crippen LogP contribution in [0.15, 0.2) is 0 Å². The van der Waals surface area contributed by atoms with E-state index in [4.69, 9.17) is 5.73 Å². The van der Waals surface area contributed by atoms with E-state index in [9.17, 15) is 21.6 Å². The third kappa shape index (κ3) is 2.94. The van der Waals surface area contributed by atoms with Gasteiger partial charge < -0.3 is 10.3 Å². The molecule has 0 fully saturated rings. The van der Waals surface area contributed by atoms with Gasteiger partial charge in [-0.05, 0) is 13.0 Å². The third-order valence-electron chi connectivity index (χ3n) is 2.97. The van der Waals surface area contributed by atoms with E-state index in [-0.39, 0.29) is 37.8 Å². The summed E-state index contributed by atoms with van der Waals surface area (Å²) in [5.41, 5.74) is 5.26. The highest BCUT2D eigenvalue weighted by molar-refractivity contribution is 7.89. The van der Waals surface area contributed by atoms with Crippen molar-refractivity contribution in [2.45, 2.75) is 25.7 Å². The Kier molecular flexibility index (Phi) is 4.02. The van der Waals surface area contributed by atoms with Crippen LogP contribution in [0.25, 0.3) is 0 Å². The number of nitrogens with zero attached hydrogens (tertiary/aromatic N) is 4. The molecule has 1 aromatic rings. The zero-order valence-electron chi connectivity index (χ0n) is 10.5. The second-order valence-electron chi connectivity index (χ2n) is 4.38. The first-order valence-electron chi connectivity index (χ1n) is 5.93. The van der Waals surface area contributed by atoms with Gasteiger partial charge in [-0.15, -0.1) is 10.2 Å². The normalized spacial score (nSPS) is 17.2. The van der Waals surface area contributed by atoms with Crippen molar-refractivity contribution in [2.24, 2.45) is 5.73 Å². The maximum absolute atomic E-state index is 12.6. The number of fused-ring (bicyclic) bond motifs is 1. The lowest BCUT2D eigenvalue weighted by atomic mass is 10.4. The quantitative estimate of drug-likeness (QED) is 0.830. The van der Waals surface area contributed by atoms with Gasteiger partial charge in [0, 0.05) is 13.1 Å². The van der Waals surface area contributed by atoms with Crippen molar-refractivity contribution in [1.29, 1.82) is 0 Å². The van der Waals surface area contributed by atoms with Crippen LogP contribution in [0, 0.1) is 0 Å². The average Bonchev–Trinajstić information content (AvgIpc) is 2.79. The van der Waals surface area contributed by atoms with Gasteiger partial charge in [0.05, 0.1) is 12.3 Å². The number of nitrogens with two attached hydrogens (primary N) is 1. The summed E-state index contributed by atoms with van der Waals surface area (Å²) in [5, 5.41) is 6.52. The average molecular weight is 313 g/mol. The van der Waals surface area contributed by atoms with Gasteiger partial charge in [-0.1, -0.05) is 0 Å². The Hall–Kier alpha value is -1.20. The highest BCUT2D eigenvalue weighted by atomic mass is 32.2. The van der Waals surface area contributed by atoms with Gasteiger partial charge in [0.1, 0.15) is 5.82 Å². The standard InChI is InChI=1S/C9H14F3N5O2S/c10-9(11,12)8-15-14-7-6-16(3-4-17(7)8)20(18,19)5-1-2-13/h1-6,13H2. The molecule has 7 nitrogen and oxygen atoms in total. The number of sulfonamides is 1. The molecule has 0 saturated heterocycles. The number of alkyl halides is 3. The van der Waals surface area contributed by atoms with Gasteiger partial charge in [0.15, 0.2) is 0 Å². The Balaban J connectivity index is 2.19. The van der Waals surface area contributed by atoms with Crippen molar-refractivity contribution in [3.63, 3.8) is 0 Å². The van der Waals surface area contributed by atoms with Crippen LogP contribution in [-0.4, -0.2) is 46.3 Å². The van der Waals surface area contributed by atoms with E-state index in [1.54, 1.807) is 0 Å². The van der Waals surface area contributed by atoms with Crippen LogP contribution in [0.1, 0.15) is 18.1 Å². The summed E-state index contributed by atoms with van der Waals surface area (Å²) in [6, 6.07) is 0. The highest BCUT2D eigenvalue weighted by Crippen LogP contribution is 2.29. The molecule has 0 unspecified atom stereocenters. The minimum atomic E-state index is -4.59. The van der Waals surface area contributed by atoms with Crippen LogP contribution in [0.5, 0.6) is 0 Å². The molecule has 0 saturated carbocycles. The lowest BCUT2D eigenvalue weighted by Crippen LogP contribution is -2.40. The fourth-order valence-electron chi connectivity index (χ4n) is 1.98. The Morgan fingerprint density at radius 1 is 1.25 bits per heavy atom. The van der Waals surface area contributed by atoms with E-state index in [1.807, 2.05) is 0 Å². The maximum atomic E-state index is 12.6. The van der Waals surface area contributed by atoms with Gasteiger partial charge >= 0.3 is 6.18 Å². The van der Waals surface area contributed by atoms with Crippen molar-refractivity contribution in [3.8, 4) is 0 Å². The van der Waals surface area contributed by atoms with Gasteiger partial charge in [0.2, 0.25) is 15.8 Å². The van der Waals surface area contributed by atoms with E-state index in [0.717, 1.165) is 8.87 Å². The Labute approximate surface area is 113 Å². The molecule has 2 N–H and O–H groups in total. The van der Waals surface area contributed by atoms with Crippen LogP contribution in [0.2, 0.25) is 0 Å². The molecular formula is C9H14F3N5O2S. The summed E-state index contributed by atoms with van der Waals surface area (Å²) < 4.78 is 63.8. The molecule has 2 rings (SSSR count). The fraction of sp³-hybridized carbons (Fsp3) is 0.778. The minimum absolute atomic E-state index is 0.0000940. The van der Waals surface area contributed by atoms with Gasteiger partial charge in [-0.3, -0.25) is 0 Å². The van der Waals surface area contributed by atoms with E-state index < -0.39 is 22.0 Å². The number of rotatable bonds is 4. The molecule has 114 valence electrons. The molecule has 0 bridgehead atoms. The Bertz CT molecular complexity index is 583. The van der Waals surface area contributed by atoms with Crippen molar-refractivity contribution in [3.05, 3.63) is 11.6 Å². The molecule has 2 heterocycles. The van der Waals surface area contributed by atoms with E-state index in [2.05, 4.69) is 10.2 Å². The van der Waals surface area contributed by atoms with Crippen molar-refractivity contribution >= 4 is 10.0 Å². The second-order valence-corrected chi connectivity index (χ2v) is 6.47. The molecule has 11 heteroatoms. The highest BCUT2D eigenvalue weighted by Gasteiger charge is 2.40. The molecule has 1 aromatic heterocycles.